The Hall–Kier alpha value is -5.15. The van der Waals surface area contributed by atoms with Crippen LogP contribution in [0.5, 0.6) is 0 Å². The van der Waals surface area contributed by atoms with Crippen molar-refractivity contribution in [1.29, 1.82) is 0 Å². The van der Waals surface area contributed by atoms with Crippen molar-refractivity contribution >= 4 is 43.6 Å². The van der Waals surface area contributed by atoms with Gasteiger partial charge in [0.05, 0.1) is 27.8 Å². The van der Waals surface area contributed by atoms with Crippen molar-refractivity contribution in [3.8, 4) is 22.8 Å². The Morgan fingerprint density at radius 1 is 0.512 bits per heavy atom. The normalized spacial score (nSPS) is 11.8. The monoisotopic (exact) mass is 555 g/mol. The average molecular weight is 556 g/mol. The van der Waals surface area contributed by atoms with Gasteiger partial charge in [-0.3, -0.25) is 4.57 Å². The summed E-state index contributed by atoms with van der Waals surface area (Å²) in [5.41, 5.74) is 10.9. The Labute approximate surface area is 251 Å². The van der Waals surface area contributed by atoms with E-state index in [4.69, 9.17) is 4.98 Å². The van der Waals surface area contributed by atoms with E-state index in [0.717, 1.165) is 41.9 Å². The average Bonchev–Trinajstić information content (AvgIpc) is 3.56. The number of pyridine rings is 1. The lowest BCUT2D eigenvalue weighted by molar-refractivity contribution is 0.914. The molecule has 0 atom stereocenters. The van der Waals surface area contributed by atoms with Crippen LogP contribution in [0, 0.1) is 0 Å². The van der Waals surface area contributed by atoms with E-state index in [0.29, 0.717) is 0 Å². The highest BCUT2D eigenvalue weighted by Gasteiger charge is 2.19. The third-order valence-electron chi connectivity index (χ3n) is 8.74. The van der Waals surface area contributed by atoms with Crippen LogP contribution in [0.1, 0.15) is 31.4 Å². The molecule has 0 saturated carbocycles. The van der Waals surface area contributed by atoms with Gasteiger partial charge in [0.15, 0.2) is 0 Å². The Morgan fingerprint density at radius 3 is 1.84 bits per heavy atom. The second-order valence-electron chi connectivity index (χ2n) is 11.4. The van der Waals surface area contributed by atoms with E-state index in [1.165, 1.54) is 54.9 Å². The van der Waals surface area contributed by atoms with E-state index in [2.05, 4.69) is 144 Å². The van der Waals surface area contributed by atoms with Crippen LogP contribution in [-0.2, 0) is 12.8 Å². The van der Waals surface area contributed by atoms with Crippen LogP contribution < -0.4 is 0 Å². The molecule has 43 heavy (non-hydrogen) atoms. The van der Waals surface area contributed by atoms with Crippen LogP contribution in [0.2, 0.25) is 0 Å². The standard InChI is InChI=1S/C40H33N3/c1-3-13-28-22-27(4-2)23-30(24-28)42-36-19-10-8-16-31(36)33-26-39-34(25-38(33)42)32-17-9-11-20-37(32)43(39)40-21-12-18-35(41-40)29-14-6-5-7-15-29/h5-12,14-26H,3-4,13H2,1-2H3. The zero-order chi connectivity index (χ0) is 28.9. The van der Waals surface area contributed by atoms with Crippen molar-refractivity contribution in [3.63, 3.8) is 0 Å². The summed E-state index contributed by atoms with van der Waals surface area (Å²) < 4.78 is 4.81. The summed E-state index contributed by atoms with van der Waals surface area (Å²) in [6, 6.07) is 46.2. The summed E-state index contributed by atoms with van der Waals surface area (Å²) in [5.74, 6) is 0.926. The van der Waals surface area contributed by atoms with Crippen LogP contribution in [0.15, 0.2) is 127 Å². The summed E-state index contributed by atoms with van der Waals surface area (Å²) in [5, 5.41) is 4.99. The van der Waals surface area contributed by atoms with Gasteiger partial charge in [-0.15, -0.1) is 0 Å². The largest absolute Gasteiger partial charge is 0.309 e. The molecule has 5 aromatic carbocycles. The lowest BCUT2D eigenvalue weighted by Gasteiger charge is -2.13. The molecule has 3 heteroatoms. The van der Waals surface area contributed by atoms with E-state index in [1.807, 2.05) is 6.07 Å². The Morgan fingerprint density at radius 2 is 1.14 bits per heavy atom. The summed E-state index contributed by atoms with van der Waals surface area (Å²) in [7, 11) is 0. The van der Waals surface area contributed by atoms with Crippen molar-refractivity contribution in [3.05, 3.63) is 139 Å². The number of hydrogen-bond acceptors (Lipinski definition) is 1. The van der Waals surface area contributed by atoms with Gasteiger partial charge in [0.2, 0.25) is 0 Å². The molecule has 3 aromatic heterocycles. The lowest BCUT2D eigenvalue weighted by atomic mass is 10.0. The molecular formula is C40H33N3. The number of benzene rings is 5. The van der Waals surface area contributed by atoms with Gasteiger partial charge in [-0.05, 0) is 72.5 Å². The van der Waals surface area contributed by atoms with Gasteiger partial charge in [-0.25, -0.2) is 4.98 Å². The van der Waals surface area contributed by atoms with Gasteiger partial charge in [0.1, 0.15) is 5.82 Å². The Balaban J connectivity index is 1.45. The third kappa shape index (κ3) is 4.15. The van der Waals surface area contributed by atoms with Crippen molar-refractivity contribution in [2.45, 2.75) is 33.1 Å². The highest BCUT2D eigenvalue weighted by atomic mass is 15.1. The van der Waals surface area contributed by atoms with Crippen LogP contribution in [-0.4, -0.2) is 14.1 Å². The molecule has 3 heterocycles. The number of nitrogens with zero attached hydrogens (tertiary/aromatic N) is 3. The van der Waals surface area contributed by atoms with Gasteiger partial charge in [0.25, 0.3) is 0 Å². The molecule has 0 aliphatic heterocycles. The lowest BCUT2D eigenvalue weighted by Crippen LogP contribution is -1.99. The molecule has 0 amide bonds. The van der Waals surface area contributed by atoms with Gasteiger partial charge in [-0.2, -0.15) is 0 Å². The van der Waals surface area contributed by atoms with Crippen molar-refractivity contribution in [2.24, 2.45) is 0 Å². The predicted octanol–water partition coefficient (Wildman–Crippen LogP) is 10.5. The highest BCUT2D eigenvalue weighted by Crippen LogP contribution is 2.39. The zero-order valence-corrected chi connectivity index (χ0v) is 24.6. The molecule has 0 N–H and O–H groups in total. The molecule has 0 fully saturated rings. The number of rotatable bonds is 6. The molecule has 0 radical (unpaired) electrons. The minimum atomic E-state index is 0.926. The van der Waals surface area contributed by atoms with Gasteiger partial charge >= 0.3 is 0 Å². The van der Waals surface area contributed by atoms with Crippen LogP contribution in [0.4, 0.5) is 0 Å². The number of fused-ring (bicyclic) bond motifs is 6. The summed E-state index contributed by atoms with van der Waals surface area (Å²) in [6.45, 7) is 4.51. The summed E-state index contributed by atoms with van der Waals surface area (Å²) in [4.78, 5) is 5.18. The van der Waals surface area contributed by atoms with Crippen LogP contribution in [0.25, 0.3) is 66.4 Å². The molecule has 0 saturated heterocycles. The topological polar surface area (TPSA) is 22.8 Å². The molecule has 0 aliphatic carbocycles. The molecule has 8 rings (SSSR count). The minimum Gasteiger partial charge on any atom is -0.309 e. The fourth-order valence-corrected chi connectivity index (χ4v) is 6.78. The first kappa shape index (κ1) is 25.6. The van der Waals surface area contributed by atoms with E-state index in [9.17, 15) is 0 Å². The minimum absolute atomic E-state index is 0.926. The van der Waals surface area contributed by atoms with Gasteiger partial charge in [-0.1, -0.05) is 99.1 Å². The molecule has 3 nitrogen and oxygen atoms in total. The molecular weight excluding hydrogens is 522 g/mol. The molecule has 0 aliphatic rings. The molecule has 8 aromatic rings. The van der Waals surface area contributed by atoms with Gasteiger partial charge < -0.3 is 4.57 Å². The maximum Gasteiger partial charge on any atom is 0.138 e. The first-order valence-electron chi connectivity index (χ1n) is 15.4. The van der Waals surface area contributed by atoms with Gasteiger partial charge in [0, 0.05) is 32.8 Å². The van der Waals surface area contributed by atoms with E-state index >= 15 is 0 Å². The fraction of sp³-hybridized carbons (Fsp3) is 0.125. The Bertz CT molecular complexity index is 2290. The number of hydrogen-bond donors (Lipinski definition) is 0. The third-order valence-corrected chi connectivity index (χ3v) is 8.74. The summed E-state index contributed by atoms with van der Waals surface area (Å²) in [6.07, 6.45) is 3.25. The molecule has 0 spiro atoms. The number of aromatic nitrogens is 3. The first-order chi connectivity index (χ1) is 21.2. The van der Waals surface area contributed by atoms with E-state index in [1.54, 1.807) is 0 Å². The maximum absolute atomic E-state index is 5.18. The maximum atomic E-state index is 5.18. The quantitative estimate of drug-likeness (QED) is 0.200. The van der Waals surface area contributed by atoms with Crippen LogP contribution in [0.3, 0.4) is 0 Å². The molecule has 0 unspecified atom stereocenters. The van der Waals surface area contributed by atoms with Crippen molar-refractivity contribution in [1.82, 2.24) is 14.1 Å². The van der Waals surface area contributed by atoms with Crippen molar-refractivity contribution < 1.29 is 0 Å². The Kier molecular flexibility index (Phi) is 6.11. The highest BCUT2D eigenvalue weighted by molar-refractivity contribution is 6.18. The van der Waals surface area contributed by atoms with E-state index < -0.39 is 0 Å². The number of aryl methyl sites for hydroxylation is 2. The SMILES string of the molecule is CCCc1cc(CC)cc(-n2c3ccccc3c3cc4c(cc32)c2ccccc2n4-c2cccc(-c3ccccc3)n2)c1. The number of para-hydroxylation sites is 2. The second kappa shape index (κ2) is 10.3. The second-order valence-corrected chi connectivity index (χ2v) is 11.4. The smallest absolute Gasteiger partial charge is 0.138 e. The fourth-order valence-electron chi connectivity index (χ4n) is 6.78. The first-order valence-corrected chi connectivity index (χ1v) is 15.4. The molecule has 208 valence electrons. The van der Waals surface area contributed by atoms with Crippen molar-refractivity contribution in [2.75, 3.05) is 0 Å². The van der Waals surface area contributed by atoms with E-state index in [-0.39, 0.29) is 0 Å². The van der Waals surface area contributed by atoms with Crippen LogP contribution >= 0.6 is 0 Å². The summed E-state index contributed by atoms with van der Waals surface area (Å²) >= 11 is 0. The zero-order valence-electron chi connectivity index (χ0n) is 24.6. The predicted molar refractivity (Wildman–Crippen MR) is 182 cm³/mol. The molecule has 0 bridgehead atoms.